The van der Waals surface area contributed by atoms with Crippen LogP contribution in [0.3, 0.4) is 0 Å². The molecular formula is C22H31ClN4O5. The van der Waals surface area contributed by atoms with Crippen LogP contribution in [-0.4, -0.2) is 43.6 Å². The first-order valence-electron chi connectivity index (χ1n) is 10.5. The molecule has 0 fully saturated rings. The van der Waals surface area contributed by atoms with Gasteiger partial charge in [-0.15, -0.1) is 12.4 Å². The molecule has 0 radical (unpaired) electrons. The van der Waals surface area contributed by atoms with Crippen LogP contribution in [0.15, 0.2) is 16.7 Å². The molecule has 0 aromatic heterocycles. The molecule has 5 N–H and O–H groups in total. The fraction of sp³-hybridized carbons (Fsp3) is 0.500. The first kappa shape index (κ1) is 25.3. The minimum Gasteiger partial charge on any atom is -0.492 e. The van der Waals surface area contributed by atoms with Gasteiger partial charge in [0, 0.05) is 12.0 Å². The van der Waals surface area contributed by atoms with Crippen LogP contribution in [0.1, 0.15) is 56.1 Å². The van der Waals surface area contributed by atoms with Crippen LogP contribution in [-0.2, 0) is 11.2 Å². The van der Waals surface area contributed by atoms with Crippen LogP contribution in [0.5, 0.6) is 17.2 Å². The fourth-order valence-electron chi connectivity index (χ4n) is 4.24. The lowest BCUT2D eigenvalue weighted by Crippen LogP contribution is -2.27. The van der Waals surface area contributed by atoms with E-state index in [2.05, 4.69) is 10.5 Å². The summed E-state index contributed by atoms with van der Waals surface area (Å²) in [5.41, 5.74) is 13.4. The zero-order valence-electron chi connectivity index (χ0n) is 18.5. The van der Waals surface area contributed by atoms with Crippen molar-refractivity contribution in [3.05, 3.63) is 22.8 Å². The number of aryl methyl sites for hydroxylation is 1. The highest BCUT2D eigenvalue weighted by Gasteiger charge is 2.31. The molecule has 0 bridgehead atoms. The quantitative estimate of drug-likeness (QED) is 0.189. The average Bonchev–Trinajstić information content (AvgIpc) is 3.16. The highest BCUT2D eigenvalue weighted by molar-refractivity contribution is 6.09. The topological polar surface area (TPSA) is 139 Å². The van der Waals surface area contributed by atoms with E-state index in [0.29, 0.717) is 43.1 Å². The van der Waals surface area contributed by atoms with Crippen LogP contribution < -0.4 is 25.4 Å². The van der Waals surface area contributed by atoms with Crippen molar-refractivity contribution in [2.75, 3.05) is 20.8 Å². The monoisotopic (exact) mass is 466 g/mol. The van der Waals surface area contributed by atoms with Crippen LogP contribution in [0.25, 0.3) is 5.57 Å². The second-order valence-corrected chi connectivity index (χ2v) is 7.57. The molecule has 0 saturated heterocycles. The normalized spacial score (nSPS) is 15.9. The van der Waals surface area contributed by atoms with Gasteiger partial charge in [0.05, 0.1) is 26.5 Å². The number of carboxylic acid groups (broad SMARTS) is 1. The van der Waals surface area contributed by atoms with E-state index in [1.165, 1.54) is 11.1 Å². The predicted molar refractivity (Wildman–Crippen MR) is 125 cm³/mol. The summed E-state index contributed by atoms with van der Waals surface area (Å²) < 4.78 is 17.4. The van der Waals surface area contributed by atoms with Gasteiger partial charge in [0.25, 0.3) is 0 Å². The third kappa shape index (κ3) is 5.64. The van der Waals surface area contributed by atoms with Gasteiger partial charge in [-0.05, 0) is 67.7 Å². The van der Waals surface area contributed by atoms with Gasteiger partial charge in [-0.1, -0.05) is 0 Å². The number of guanidine groups is 1. The number of aliphatic carboxylic acids is 1. The molecule has 9 nitrogen and oxygen atoms in total. The summed E-state index contributed by atoms with van der Waals surface area (Å²) in [5.74, 6) is 0.793. The maximum absolute atomic E-state index is 10.7. The summed E-state index contributed by atoms with van der Waals surface area (Å²) >= 11 is 0. The summed E-state index contributed by atoms with van der Waals surface area (Å²) in [5, 5.41) is 20.6. The molecule has 0 heterocycles. The predicted octanol–water partition coefficient (Wildman–Crippen LogP) is 3.48. The maximum Gasteiger partial charge on any atom is 0.303 e. The second-order valence-electron chi connectivity index (χ2n) is 7.57. The van der Waals surface area contributed by atoms with Crippen molar-refractivity contribution < 1.29 is 24.1 Å². The first-order valence-corrected chi connectivity index (χ1v) is 10.5. The maximum atomic E-state index is 10.7. The van der Waals surface area contributed by atoms with Crippen LogP contribution in [0, 0.1) is 5.41 Å². The van der Waals surface area contributed by atoms with E-state index >= 15 is 0 Å². The number of methoxy groups -OCH3 is 2. The largest absolute Gasteiger partial charge is 0.492 e. The summed E-state index contributed by atoms with van der Waals surface area (Å²) in [7, 11) is 3.22. The Labute approximate surface area is 193 Å². The molecule has 0 atom stereocenters. The number of rotatable bonds is 9. The lowest BCUT2D eigenvalue weighted by Gasteiger charge is -2.20. The highest BCUT2D eigenvalue weighted by atomic mass is 35.5. The van der Waals surface area contributed by atoms with Gasteiger partial charge in [0.1, 0.15) is 0 Å². The van der Waals surface area contributed by atoms with Gasteiger partial charge in [0.15, 0.2) is 11.5 Å². The Morgan fingerprint density at radius 2 is 1.88 bits per heavy atom. The van der Waals surface area contributed by atoms with Crippen LogP contribution >= 0.6 is 12.4 Å². The number of carbonyl (C=O) groups is 1. The first-order chi connectivity index (χ1) is 15.0. The lowest BCUT2D eigenvalue weighted by atomic mass is 9.95. The molecule has 0 saturated carbocycles. The number of nitrogens with zero attached hydrogens (tertiary/aromatic N) is 1. The third-order valence-electron chi connectivity index (χ3n) is 5.54. The number of carboxylic acids is 1. The molecular weight excluding hydrogens is 436 g/mol. The molecule has 176 valence electrons. The summed E-state index contributed by atoms with van der Waals surface area (Å²) in [6, 6.07) is 2.00. The Hall–Kier alpha value is -2.94. The summed E-state index contributed by atoms with van der Waals surface area (Å²) in [6.45, 7) is 0.398. The number of hydrogen-bond acceptors (Lipinski definition) is 6. The van der Waals surface area contributed by atoms with Gasteiger partial charge in [0.2, 0.25) is 11.7 Å². The molecule has 1 aromatic rings. The van der Waals surface area contributed by atoms with Gasteiger partial charge < -0.3 is 25.1 Å². The molecule has 0 spiro atoms. The summed E-state index contributed by atoms with van der Waals surface area (Å²) in [4.78, 5) is 10.7. The van der Waals surface area contributed by atoms with Crippen molar-refractivity contribution in [2.24, 2.45) is 10.8 Å². The third-order valence-corrected chi connectivity index (χ3v) is 5.54. The van der Waals surface area contributed by atoms with Crippen molar-refractivity contribution in [2.45, 2.75) is 51.4 Å². The van der Waals surface area contributed by atoms with Crippen molar-refractivity contribution in [3.8, 4) is 17.2 Å². The number of hydrazone groups is 1. The van der Waals surface area contributed by atoms with E-state index in [1.54, 1.807) is 14.2 Å². The fourth-order valence-corrected chi connectivity index (χ4v) is 4.24. The van der Waals surface area contributed by atoms with Gasteiger partial charge >= 0.3 is 5.97 Å². The zero-order valence-corrected chi connectivity index (χ0v) is 19.3. The standard InChI is InChI=1S/C22H30N4O5.ClH/c1-29-20-17(31-11-4-3-8-18(27)28)12-13-9-10-16(25-26-22(23)24)14-6-5-7-15(14)19(13)21(20)30-2;/h12H,3-11H2,1-2H3,(H,27,28)(H4,23,24,26);1H/b25-16+;. The number of nitrogens with two attached hydrogens (primary N) is 1. The van der Waals surface area contributed by atoms with E-state index in [-0.39, 0.29) is 24.8 Å². The molecule has 0 aliphatic heterocycles. The molecule has 0 amide bonds. The van der Waals surface area contributed by atoms with E-state index in [0.717, 1.165) is 42.5 Å². The van der Waals surface area contributed by atoms with Crippen LogP contribution in [0.2, 0.25) is 0 Å². The lowest BCUT2D eigenvalue weighted by molar-refractivity contribution is -0.137. The average molecular weight is 467 g/mol. The molecule has 1 aromatic carbocycles. The number of fused-ring (bicyclic) bond motifs is 2. The number of halogens is 1. The Bertz CT molecular complexity index is 929. The van der Waals surface area contributed by atoms with Gasteiger partial charge in [-0.25, -0.2) is 5.43 Å². The van der Waals surface area contributed by atoms with Crippen molar-refractivity contribution in [1.82, 2.24) is 5.43 Å². The number of ether oxygens (including phenoxy) is 3. The molecule has 10 heteroatoms. The minimum atomic E-state index is -0.804. The van der Waals surface area contributed by atoms with Crippen LogP contribution in [0.4, 0.5) is 0 Å². The molecule has 0 unspecified atom stereocenters. The molecule has 32 heavy (non-hydrogen) atoms. The highest BCUT2D eigenvalue weighted by Crippen LogP contribution is 2.50. The molecule has 3 rings (SSSR count). The Balaban J connectivity index is 0.00000363. The zero-order chi connectivity index (χ0) is 22.4. The Morgan fingerprint density at radius 3 is 2.53 bits per heavy atom. The number of allylic oxidation sites excluding steroid dienone is 2. The Kier molecular flexibility index (Phi) is 9.19. The number of benzene rings is 1. The van der Waals surface area contributed by atoms with Gasteiger partial charge in [-0.3, -0.25) is 10.2 Å². The number of nitrogens with one attached hydrogen (secondary N) is 2. The van der Waals surface area contributed by atoms with Crippen molar-refractivity contribution in [1.29, 1.82) is 5.41 Å². The van der Waals surface area contributed by atoms with Gasteiger partial charge in [-0.2, -0.15) is 5.10 Å². The number of unbranched alkanes of at least 4 members (excludes halogenated alkanes) is 1. The SMILES string of the molecule is COc1c(OCCCCC(=O)O)cc2c(c1OC)C1=C(CCC1)/C(=N/NC(=N)N)CC2.Cl. The molecule has 2 aliphatic rings. The minimum absolute atomic E-state index is 0. The second kappa shape index (κ2) is 11.6. The summed E-state index contributed by atoms with van der Waals surface area (Å²) in [6.07, 6.45) is 5.61. The van der Waals surface area contributed by atoms with E-state index < -0.39 is 5.97 Å². The van der Waals surface area contributed by atoms with Crippen molar-refractivity contribution in [3.63, 3.8) is 0 Å². The number of hydrogen-bond donors (Lipinski definition) is 4. The van der Waals surface area contributed by atoms with E-state index in [4.69, 9.17) is 30.5 Å². The Morgan fingerprint density at radius 1 is 1.16 bits per heavy atom. The molecule has 2 aliphatic carbocycles. The van der Waals surface area contributed by atoms with E-state index in [1.807, 2.05) is 6.07 Å². The van der Waals surface area contributed by atoms with E-state index in [9.17, 15) is 4.79 Å². The smallest absolute Gasteiger partial charge is 0.303 e. The van der Waals surface area contributed by atoms with Crippen molar-refractivity contribution >= 4 is 35.6 Å².